The van der Waals surface area contributed by atoms with E-state index in [4.69, 9.17) is 14.5 Å². The third-order valence-corrected chi connectivity index (χ3v) is 8.54. The van der Waals surface area contributed by atoms with E-state index in [9.17, 15) is 19.2 Å². The maximum atomic E-state index is 13.3. The summed E-state index contributed by atoms with van der Waals surface area (Å²) >= 11 is 0. The van der Waals surface area contributed by atoms with Crippen LogP contribution >= 0.6 is 0 Å². The second kappa shape index (κ2) is 14.7. The highest BCUT2D eigenvalue weighted by atomic mass is 16.5. The van der Waals surface area contributed by atoms with Gasteiger partial charge < -0.3 is 20.1 Å². The molecule has 3 heterocycles. The summed E-state index contributed by atoms with van der Waals surface area (Å²) in [7, 11) is 0. The van der Waals surface area contributed by atoms with E-state index in [0.29, 0.717) is 38.1 Å². The summed E-state index contributed by atoms with van der Waals surface area (Å²) in [6.45, 7) is 13.7. The molecule has 1 aliphatic carbocycles. The number of allylic oxidation sites excluding steroid dienone is 1. The van der Waals surface area contributed by atoms with E-state index in [0.717, 1.165) is 10.6 Å². The number of rotatable bonds is 1. The van der Waals surface area contributed by atoms with Gasteiger partial charge in [-0.2, -0.15) is 0 Å². The van der Waals surface area contributed by atoms with Crippen LogP contribution in [0.1, 0.15) is 85.9 Å². The zero-order valence-corrected chi connectivity index (χ0v) is 27.6. The van der Waals surface area contributed by atoms with Crippen LogP contribution in [0.5, 0.6) is 0 Å². The monoisotopic (exact) mass is 623 g/mol. The van der Waals surface area contributed by atoms with E-state index in [2.05, 4.69) is 47.3 Å². The number of esters is 1. The SMILES string of the molecule is CC1NC(=O)C(C(C)C)NC(=O)CC(C)(C)OCCC=CC2C=c3nc(ccc3=CC2C)C(C)OC(=O)C2CCCN(N2)C1=O. The number of hydrogen-bond donors (Lipinski definition) is 3. The molecule has 3 amide bonds. The number of pyridine rings is 1. The van der Waals surface area contributed by atoms with Gasteiger partial charge in [-0.3, -0.25) is 24.2 Å². The Morgan fingerprint density at radius 3 is 2.53 bits per heavy atom. The standard InChI is InChI=1S/C34H49N5O6/c1-20(2)30-31(41)35-22(4)32(42)39-15-10-12-27(38-39)33(43)45-23(5)26-14-13-25-17-21(3)24(18-28(25)36-26)11-8-9-16-44-34(6,7)19-29(40)37-30/h8,11,13-14,17-18,20-24,27,30,38H,9-10,12,15-16,19H2,1-7H3,(H,35,41)(H,37,40). The molecule has 11 nitrogen and oxygen atoms in total. The molecule has 11 heteroatoms. The predicted octanol–water partition coefficient (Wildman–Crippen LogP) is 1.80. The summed E-state index contributed by atoms with van der Waals surface area (Å²) in [6, 6.07) is 1.44. The molecule has 0 radical (unpaired) electrons. The lowest BCUT2D eigenvalue weighted by Gasteiger charge is -2.35. The number of hydrazine groups is 1. The summed E-state index contributed by atoms with van der Waals surface area (Å²) in [4.78, 5) is 57.6. The molecular formula is C34H49N5O6. The van der Waals surface area contributed by atoms with E-state index in [1.807, 2.05) is 39.8 Å². The van der Waals surface area contributed by atoms with Crippen molar-refractivity contribution in [3.63, 3.8) is 0 Å². The molecule has 0 saturated carbocycles. The fourth-order valence-electron chi connectivity index (χ4n) is 5.85. The number of ether oxygens (including phenoxy) is 2. The van der Waals surface area contributed by atoms with Gasteiger partial charge in [0.25, 0.3) is 5.91 Å². The predicted molar refractivity (Wildman–Crippen MR) is 170 cm³/mol. The first-order valence-corrected chi connectivity index (χ1v) is 16.1. The van der Waals surface area contributed by atoms with Crippen molar-refractivity contribution in [1.29, 1.82) is 0 Å². The second-order valence-corrected chi connectivity index (χ2v) is 13.4. The lowest BCUT2D eigenvalue weighted by atomic mass is 9.88. The normalized spacial score (nSPS) is 30.3. The van der Waals surface area contributed by atoms with Crippen molar-refractivity contribution < 1.29 is 28.7 Å². The molecule has 6 atom stereocenters. The molecular weight excluding hydrogens is 574 g/mol. The zero-order chi connectivity index (χ0) is 32.9. The van der Waals surface area contributed by atoms with E-state index >= 15 is 0 Å². The van der Waals surface area contributed by atoms with E-state index in [-0.39, 0.29) is 36.0 Å². The molecule has 5 bridgehead atoms. The van der Waals surface area contributed by atoms with Crippen LogP contribution in [-0.2, 0) is 28.7 Å². The summed E-state index contributed by atoms with van der Waals surface area (Å²) in [6.07, 6.45) is 9.83. The van der Waals surface area contributed by atoms with Gasteiger partial charge in [-0.05, 0) is 70.1 Å². The number of aromatic nitrogens is 1. The molecule has 3 N–H and O–H groups in total. The Hall–Kier alpha value is -3.57. The molecule has 1 aromatic rings. The van der Waals surface area contributed by atoms with Crippen LogP contribution in [0.4, 0.5) is 0 Å². The Morgan fingerprint density at radius 2 is 1.80 bits per heavy atom. The molecule has 6 unspecified atom stereocenters. The molecule has 45 heavy (non-hydrogen) atoms. The zero-order valence-electron chi connectivity index (χ0n) is 27.6. The number of amides is 3. The van der Waals surface area contributed by atoms with Crippen LogP contribution in [0, 0.1) is 17.8 Å². The molecule has 4 rings (SSSR count). The number of carbonyl (C=O) groups excluding carboxylic acids is 4. The van der Waals surface area contributed by atoms with Gasteiger partial charge >= 0.3 is 5.97 Å². The summed E-state index contributed by atoms with van der Waals surface area (Å²) in [5.41, 5.74) is 2.90. The smallest absolute Gasteiger partial charge is 0.325 e. The summed E-state index contributed by atoms with van der Waals surface area (Å²) in [5.74, 6) is -1.43. The van der Waals surface area contributed by atoms with Crippen molar-refractivity contribution in [2.75, 3.05) is 13.2 Å². The molecule has 2 aliphatic heterocycles. The Morgan fingerprint density at radius 1 is 1.04 bits per heavy atom. The van der Waals surface area contributed by atoms with Crippen molar-refractivity contribution in [1.82, 2.24) is 26.1 Å². The van der Waals surface area contributed by atoms with Crippen molar-refractivity contribution in [3.8, 4) is 0 Å². The molecule has 3 aliphatic rings. The molecule has 0 aromatic carbocycles. The Balaban J connectivity index is 1.58. The van der Waals surface area contributed by atoms with Gasteiger partial charge in [0.15, 0.2) is 0 Å². The highest BCUT2D eigenvalue weighted by Crippen LogP contribution is 2.21. The van der Waals surface area contributed by atoms with Gasteiger partial charge in [0, 0.05) is 12.5 Å². The van der Waals surface area contributed by atoms with Gasteiger partial charge in [0.2, 0.25) is 11.8 Å². The lowest BCUT2D eigenvalue weighted by molar-refractivity contribution is -0.157. The fraction of sp³-hybridized carbons (Fsp3) is 0.618. The third kappa shape index (κ3) is 9.00. The Bertz CT molecular complexity index is 1420. The van der Waals surface area contributed by atoms with Gasteiger partial charge in [0.1, 0.15) is 24.2 Å². The molecule has 1 saturated heterocycles. The average Bonchev–Trinajstić information content (AvgIpc) is 2.98. The maximum absolute atomic E-state index is 13.3. The van der Waals surface area contributed by atoms with E-state index < -0.39 is 41.7 Å². The van der Waals surface area contributed by atoms with Crippen LogP contribution in [-0.4, -0.2) is 70.6 Å². The molecule has 246 valence electrons. The Kier molecular flexibility index (Phi) is 11.2. The number of nitrogens with one attached hydrogen (secondary N) is 3. The molecule has 1 fully saturated rings. The third-order valence-electron chi connectivity index (χ3n) is 8.54. The quantitative estimate of drug-likeness (QED) is 0.318. The average molecular weight is 624 g/mol. The number of fused-ring (bicyclic) bond motifs is 4. The highest BCUT2D eigenvalue weighted by Gasteiger charge is 2.34. The van der Waals surface area contributed by atoms with Crippen LogP contribution in [0.3, 0.4) is 0 Å². The van der Waals surface area contributed by atoms with Crippen LogP contribution in [0.2, 0.25) is 0 Å². The highest BCUT2D eigenvalue weighted by molar-refractivity contribution is 5.92. The molecule has 1 aromatic heterocycles. The number of nitrogens with zero attached hydrogens (tertiary/aromatic N) is 2. The first kappa shape index (κ1) is 34.3. The van der Waals surface area contributed by atoms with Crippen molar-refractivity contribution in [2.45, 2.75) is 104 Å². The minimum atomic E-state index is -0.890. The minimum Gasteiger partial charge on any atom is -0.455 e. The van der Waals surface area contributed by atoms with Crippen LogP contribution < -0.4 is 26.6 Å². The number of cyclic esters (lactones) is 1. The second-order valence-electron chi connectivity index (χ2n) is 13.4. The number of hydrogen-bond acceptors (Lipinski definition) is 8. The molecule has 0 spiro atoms. The number of carbonyl (C=O) groups is 4. The maximum Gasteiger partial charge on any atom is 0.325 e. The van der Waals surface area contributed by atoms with Gasteiger partial charge in [-0.1, -0.05) is 51.1 Å². The fourth-order valence-corrected chi connectivity index (χ4v) is 5.85. The lowest BCUT2D eigenvalue weighted by Crippen LogP contribution is -2.61. The van der Waals surface area contributed by atoms with E-state index in [1.165, 1.54) is 5.01 Å². The largest absolute Gasteiger partial charge is 0.455 e. The first-order valence-electron chi connectivity index (χ1n) is 16.1. The van der Waals surface area contributed by atoms with Gasteiger partial charge in [0.05, 0.1) is 29.7 Å². The minimum absolute atomic E-state index is 0.0719. The van der Waals surface area contributed by atoms with Gasteiger partial charge in [-0.25, -0.2) is 10.4 Å². The van der Waals surface area contributed by atoms with Crippen molar-refractivity contribution in [3.05, 3.63) is 40.5 Å². The van der Waals surface area contributed by atoms with Crippen LogP contribution in [0.15, 0.2) is 24.3 Å². The van der Waals surface area contributed by atoms with Gasteiger partial charge in [-0.15, -0.1) is 0 Å². The topological polar surface area (TPSA) is 139 Å². The first-order chi connectivity index (χ1) is 21.2. The van der Waals surface area contributed by atoms with Crippen molar-refractivity contribution >= 4 is 35.8 Å². The Labute approximate surface area is 265 Å². The summed E-state index contributed by atoms with van der Waals surface area (Å²) in [5, 5.41) is 8.84. The summed E-state index contributed by atoms with van der Waals surface area (Å²) < 4.78 is 11.9. The van der Waals surface area contributed by atoms with Crippen molar-refractivity contribution in [2.24, 2.45) is 17.8 Å². The van der Waals surface area contributed by atoms with E-state index in [1.54, 1.807) is 13.8 Å². The van der Waals surface area contributed by atoms with Crippen LogP contribution in [0.25, 0.3) is 12.2 Å².